The Labute approximate surface area is 234 Å². The van der Waals surface area contributed by atoms with E-state index in [2.05, 4.69) is 5.32 Å². The molecule has 218 valence electrons. The van der Waals surface area contributed by atoms with Gasteiger partial charge in [-0.15, -0.1) is 0 Å². The number of fused-ring (bicyclic) bond motifs is 1. The third-order valence-electron chi connectivity index (χ3n) is 7.50. The van der Waals surface area contributed by atoms with Gasteiger partial charge in [0.2, 0.25) is 15.9 Å². The number of benzene rings is 2. The van der Waals surface area contributed by atoms with Crippen LogP contribution in [-0.2, 0) is 19.6 Å². The Morgan fingerprint density at radius 1 is 1.20 bits per heavy atom. The van der Waals surface area contributed by atoms with Crippen LogP contribution >= 0.6 is 0 Å². The molecule has 0 aliphatic carbocycles. The Bertz CT molecular complexity index is 1320. The van der Waals surface area contributed by atoms with Gasteiger partial charge in [0.05, 0.1) is 35.3 Å². The number of amides is 2. The van der Waals surface area contributed by atoms with Gasteiger partial charge in [0.1, 0.15) is 11.9 Å². The molecule has 40 heavy (non-hydrogen) atoms. The number of nitrogens with one attached hydrogen (secondary N) is 1. The van der Waals surface area contributed by atoms with Crippen molar-refractivity contribution in [2.75, 3.05) is 45.3 Å². The number of aliphatic hydroxyl groups excluding tert-OH is 1. The van der Waals surface area contributed by atoms with Crippen LogP contribution in [0, 0.1) is 17.7 Å². The van der Waals surface area contributed by atoms with Gasteiger partial charge in [-0.1, -0.05) is 13.0 Å². The van der Waals surface area contributed by atoms with Crippen molar-refractivity contribution in [3.8, 4) is 5.75 Å². The van der Waals surface area contributed by atoms with E-state index < -0.39 is 28.0 Å². The van der Waals surface area contributed by atoms with Crippen molar-refractivity contribution >= 4 is 27.5 Å². The zero-order valence-electron chi connectivity index (χ0n) is 22.9. The van der Waals surface area contributed by atoms with Crippen molar-refractivity contribution in [3.63, 3.8) is 0 Å². The first-order chi connectivity index (χ1) is 19.0. The Hall–Kier alpha value is -3.06. The minimum absolute atomic E-state index is 0.0644. The van der Waals surface area contributed by atoms with E-state index in [4.69, 9.17) is 9.47 Å². The molecule has 2 aromatic rings. The number of carbonyl (C=O) groups excluding carboxylic acids is 2. The largest absolute Gasteiger partial charge is 0.486 e. The van der Waals surface area contributed by atoms with Gasteiger partial charge in [0.25, 0.3) is 5.91 Å². The lowest BCUT2D eigenvalue weighted by atomic mass is 9.98. The first-order valence-electron chi connectivity index (χ1n) is 13.3. The maximum atomic E-state index is 13.6. The maximum absolute atomic E-state index is 13.6. The fourth-order valence-corrected chi connectivity index (χ4v) is 6.08. The first kappa shape index (κ1) is 29.9. The summed E-state index contributed by atoms with van der Waals surface area (Å²) in [5, 5.41) is 12.8. The monoisotopic (exact) mass is 577 g/mol. The van der Waals surface area contributed by atoms with E-state index in [0.29, 0.717) is 31.7 Å². The molecular formula is C28H36FN3O7S. The maximum Gasteiger partial charge on any atom is 0.258 e. The normalized spacial score (nSPS) is 21.2. The Morgan fingerprint density at radius 2 is 1.88 bits per heavy atom. The van der Waals surface area contributed by atoms with Crippen LogP contribution < -0.4 is 10.1 Å². The molecule has 2 aliphatic rings. The van der Waals surface area contributed by atoms with Crippen molar-refractivity contribution in [1.29, 1.82) is 0 Å². The highest BCUT2D eigenvalue weighted by molar-refractivity contribution is 7.89. The van der Waals surface area contributed by atoms with Gasteiger partial charge in [-0.05, 0) is 56.2 Å². The second-order valence-corrected chi connectivity index (χ2v) is 12.5. The molecule has 10 nitrogen and oxygen atoms in total. The summed E-state index contributed by atoms with van der Waals surface area (Å²) in [6, 6.07) is 8.93. The predicted octanol–water partition coefficient (Wildman–Crippen LogP) is 2.73. The van der Waals surface area contributed by atoms with E-state index in [1.165, 1.54) is 24.1 Å². The van der Waals surface area contributed by atoms with E-state index in [1.54, 1.807) is 25.1 Å². The van der Waals surface area contributed by atoms with Gasteiger partial charge in [-0.25, -0.2) is 12.8 Å². The molecule has 0 unspecified atom stereocenters. The zero-order chi connectivity index (χ0) is 29.0. The molecule has 2 aliphatic heterocycles. The number of para-hydroxylation sites is 1. The number of likely N-dealkylation sites (N-methyl/N-ethyl adjacent to an activating group) is 1. The van der Waals surface area contributed by atoms with Gasteiger partial charge in [-0.2, -0.15) is 4.31 Å². The number of anilines is 1. The number of hydrogen-bond donors (Lipinski definition) is 2. The topological polar surface area (TPSA) is 125 Å². The average molecular weight is 578 g/mol. The summed E-state index contributed by atoms with van der Waals surface area (Å²) in [5.41, 5.74) is 0.508. The molecule has 1 fully saturated rings. The fraction of sp³-hybridized carbons (Fsp3) is 0.500. The molecule has 4 rings (SSSR count). The Kier molecular flexibility index (Phi) is 9.44. The number of sulfonamides is 1. The summed E-state index contributed by atoms with van der Waals surface area (Å²) in [6.45, 7) is 4.39. The highest BCUT2D eigenvalue weighted by Crippen LogP contribution is 2.36. The van der Waals surface area contributed by atoms with Crippen molar-refractivity contribution in [2.24, 2.45) is 11.8 Å². The summed E-state index contributed by atoms with van der Waals surface area (Å²) < 4.78 is 52.8. The van der Waals surface area contributed by atoms with E-state index in [-0.39, 0.29) is 59.6 Å². The van der Waals surface area contributed by atoms with Crippen molar-refractivity contribution in [1.82, 2.24) is 9.21 Å². The van der Waals surface area contributed by atoms with Crippen molar-refractivity contribution in [3.05, 3.63) is 53.8 Å². The summed E-state index contributed by atoms with van der Waals surface area (Å²) in [7, 11) is -2.57. The van der Waals surface area contributed by atoms with Crippen LogP contribution in [0.2, 0.25) is 0 Å². The molecule has 2 amide bonds. The first-order valence-corrected chi connectivity index (χ1v) is 14.8. The SMILES string of the molecule is C[C@@H]1CN([C@H](C)CO)C(=O)c2cccc(NC(=O)C3CCOCC3)c2O[C@H]1CN(C)S(=O)(=O)c1ccc(F)cc1. The third-order valence-corrected chi connectivity index (χ3v) is 9.34. The lowest BCUT2D eigenvalue weighted by molar-refractivity contribution is -0.122. The van der Waals surface area contributed by atoms with Gasteiger partial charge in [0.15, 0.2) is 5.75 Å². The number of ether oxygens (including phenoxy) is 2. The number of hydrogen-bond acceptors (Lipinski definition) is 7. The number of halogens is 1. The molecule has 0 radical (unpaired) electrons. The van der Waals surface area contributed by atoms with E-state index in [0.717, 1.165) is 16.4 Å². The number of carbonyl (C=O) groups is 2. The summed E-state index contributed by atoms with van der Waals surface area (Å²) >= 11 is 0. The molecular weight excluding hydrogens is 541 g/mol. The van der Waals surface area contributed by atoms with Crippen molar-refractivity contribution < 1.29 is 37.0 Å². The quantitative estimate of drug-likeness (QED) is 0.494. The van der Waals surface area contributed by atoms with Gasteiger partial charge >= 0.3 is 0 Å². The molecule has 2 heterocycles. The van der Waals surface area contributed by atoms with E-state index >= 15 is 0 Å². The van der Waals surface area contributed by atoms with Crippen molar-refractivity contribution in [2.45, 2.75) is 43.7 Å². The van der Waals surface area contributed by atoms with Gasteiger partial charge in [0, 0.05) is 38.6 Å². The molecule has 2 aromatic carbocycles. The molecule has 0 saturated carbocycles. The highest BCUT2D eigenvalue weighted by Gasteiger charge is 2.36. The summed E-state index contributed by atoms with van der Waals surface area (Å²) in [4.78, 5) is 28.2. The number of rotatable bonds is 8. The standard InChI is InChI=1S/C28H36FN3O7S/c1-18-15-32(19(2)17-33)28(35)23-5-4-6-24(30-27(34)20-11-13-38-14-12-20)26(23)39-25(18)16-31(3)40(36,37)22-9-7-21(29)8-10-22/h4-10,18-20,25,33H,11-17H2,1-3H3,(H,30,34)/t18-,19-,25+/m1/s1. The van der Waals surface area contributed by atoms with E-state index in [1.807, 2.05) is 6.92 Å². The Balaban J connectivity index is 1.69. The molecule has 0 bridgehead atoms. The second kappa shape index (κ2) is 12.6. The second-order valence-electron chi connectivity index (χ2n) is 10.4. The minimum atomic E-state index is -3.98. The molecule has 0 aromatic heterocycles. The fourth-order valence-electron chi connectivity index (χ4n) is 4.89. The van der Waals surface area contributed by atoms with Crippen LogP contribution in [0.3, 0.4) is 0 Å². The number of nitrogens with zero attached hydrogens (tertiary/aromatic N) is 2. The van der Waals surface area contributed by atoms with Gasteiger partial charge in [-0.3, -0.25) is 9.59 Å². The third kappa shape index (κ3) is 6.46. The molecule has 1 saturated heterocycles. The van der Waals surface area contributed by atoms with Crippen LogP contribution in [-0.4, -0.2) is 86.6 Å². The van der Waals surface area contributed by atoms with Crippen LogP contribution in [0.15, 0.2) is 47.4 Å². The van der Waals surface area contributed by atoms with Crippen LogP contribution in [0.5, 0.6) is 5.75 Å². The van der Waals surface area contributed by atoms with E-state index in [9.17, 15) is 27.5 Å². The predicted molar refractivity (Wildman–Crippen MR) is 146 cm³/mol. The molecule has 12 heteroatoms. The highest BCUT2D eigenvalue weighted by atomic mass is 32.2. The van der Waals surface area contributed by atoms with Gasteiger partial charge < -0.3 is 24.8 Å². The zero-order valence-corrected chi connectivity index (χ0v) is 23.7. The molecule has 0 spiro atoms. The summed E-state index contributed by atoms with van der Waals surface area (Å²) in [5.74, 6) is -1.59. The summed E-state index contributed by atoms with van der Waals surface area (Å²) in [6.07, 6.45) is 0.420. The molecule has 3 atom stereocenters. The van der Waals surface area contributed by atoms with Crippen LogP contribution in [0.1, 0.15) is 37.0 Å². The lowest BCUT2D eigenvalue weighted by Gasteiger charge is -2.38. The van der Waals surface area contributed by atoms with Crippen LogP contribution in [0.25, 0.3) is 0 Å². The molecule has 2 N–H and O–H groups in total. The minimum Gasteiger partial charge on any atom is -0.486 e. The van der Waals surface area contributed by atoms with Crippen LogP contribution in [0.4, 0.5) is 10.1 Å². The average Bonchev–Trinajstić information content (AvgIpc) is 2.95. The number of aliphatic hydroxyl groups is 1. The Morgan fingerprint density at radius 3 is 2.52 bits per heavy atom. The smallest absolute Gasteiger partial charge is 0.258 e. The lowest BCUT2D eigenvalue weighted by Crippen LogP contribution is -2.50.